The molecule has 0 saturated heterocycles. The summed E-state index contributed by atoms with van der Waals surface area (Å²) in [6.45, 7) is 0. The second-order valence-corrected chi connectivity index (χ2v) is 14.5. The first-order valence-corrected chi connectivity index (χ1v) is 19.3. The molecule has 0 bridgehead atoms. The summed E-state index contributed by atoms with van der Waals surface area (Å²) in [5.41, 5.74) is 17.6. The van der Waals surface area contributed by atoms with Crippen molar-refractivity contribution < 1.29 is 0 Å². The molecule has 0 saturated carbocycles. The first-order chi connectivity index (χ1) is 27.8. The second kappa shape index (κ2) is 14.2. The van der Waals surface area contributed by atoms with Crippen LogP contribution in [0.2, 0.25) is 0 Å². The average molecular weight is 714 g/mol. The zero-order valence-electron chi connectivity index (χ0n) is 31.0. The van der Waals surface area contributed by atoms with Crippen LogP contribution in [0.4, 0.5) is 17.1 Å². The van der Waals surface area contributed by atoms with Gasteiger partial charge in [0, 0.05) is 16.9 Å². The smallest absolute Gasteiger partial charge is 0.0713 e. The molecular weight excluding hydrogens is 675 g/mol. The number of hydrogen-bond donors (Lipinski definition) is 0. The van der Waals surface area contributed by atoms with E-state index in [1.165, 1.54) is 55.6 Å². The molecule has 0 radical (unpaired) electrons. The van der Waals surface area contributed by atoms with Gasteiger partial charge in [0.25, 0.3) is 0 Å². The molecule has 0 unspecified atom stereocenters. The Hall–Kier alpha value is -7.22. The van der Waals surface area contributed by atoms with Gasteiger partial charge in [-0.25, -0.2) is 0 Å². The largest absolute Gasteiger partial charge is 0.310 e. The van der Waals surface area contributed by atoms with Crippen LogP contribution in [0, 0.1) is 0 Å². The number of fused-ring (bicyclic) bond motifs is 3. The Morgan fingerprint density at radius 1 is 0.268 bits per heavy atom. The lowest BCUT2D eigenvalue weighted by Crippen LogP contribution is -2.28. The standard InChI is InChI=1S/C55H39N/c1-5-18-40(19-6-1)42-32-35-48(36-33-42)56(47-26-11-4-12-27-47)54-39-43(41-20-7-2-8-21-41)34-37-49(54)44-22-17-25-46(38-44)55(45-23-9-3-10-24-45)52-30-15-13-28-50(52)51-29-14-16-31-53(51)55/h1-39H. The molecule has 9 aromatic carbocycles. The molecule has 1 aliphatic carbocycles. The normalized spacial score (nSPS) is 12.4. The number of nitrogens with zero attached hydrogens (tertiary/aromatic N) is 1. The van der Waals surface area contributed by atoms with Gasteiger partial charge in [0.2, 0.25) is 0 Å². The van der Waals surface area contributed by atoms with Crippen LogP contribution in [0.25, 0.3) is 44.5 Å². The van der Waals surface area contributed by atoms with Crippen molar-refractivity contribution in [1.82, 2.24) is 0 Å². The predicted molar refractivity (Wildman–Crippen MR) is 235 cm³/mol. The summed E-state index contributed by atoms with van der Waals surface area (Å²) in [4.78, 5) is 2.41. The molecule has 0 amide bonds. The van der Waals surface area contributed by atoms with Gasteiger partial charge in [-0.05, 0) is 97.6 Å². The lowest BCUT2D eigenvalue weighted by molar-refractivity contribution is 0.769. The molecule has 0 atom stereocenters. The number of benzene rings is 9. The quantitative estimate of drug-likeness (QED) is 0.152. The Labute approximate surface area is 329 Å². The highest BCUT2D eigenvalue weighted by molar-refractivity contribution is 5.92. The van der Waals surface area contributed by atoms with Crippen molar-refractivity contribution in [2.75, 3.05) is 4.90 Å². The average Bonchev–Trinajstić information content (AvgIpc) is 3.59. The predicted octanol–water partition coefficient (Wildman–Crippen LogP) is 14.5. The SMILES string of the molecule is c1ccc(-c2ccc(N(c3ccccc3)c3cc(-c4ccccc4)ccc3-c3cccc(C4(c5ccccc5)c5ccccc5-c5ccccc54)c3)cc2)cc1. The van der Waals surface area contributed by atoms with Crippen molar-refractivity contribution >= 4 is 17.1 Å². The third kappa shape index (κ3) is 5.65. The van der Waals surface area contributed by atoms with Crippen LogP contribution in [-0.4, -0.2) is 0 Å². The van der Waals surface area contributed by atoms with Gasteiger partial charge in [-0.2, -0.15) is 0 Å². The van der Waals surface area contributed by atoms with E-state index in [-0.39, 0.29) is 0 Å². The van der Waals surface area contributed by atoms with E-state index in [1.807, 2.05) is 0 Å². The molecule has 0 N–H and O–H groups in total. The zero-order chi connectivity index (χ0) is 37.3. The highest BCUT2D eigenvalue weighted by Crippen LogP contribution is 2.56. The summed E-state index contributed by atoms with van der Waals surface area (Å²) in [7, 11) is 0. The van der Waals surface area contributed by atoms with Crippen molar-refractivity contribution in [2.24, 2.45) is 0 Å². The van der Waals surface area contributed by atoms with E-state index >= 15 is 0 Å². The Morgan fingerprint density at radius 2 is 0.714 bits per heavy atom. The highest BCUT2D eigenvalue weighted by atomic mass is 15.1. The third-order valence-corrected chi connectivity index (χ3v) is 11.4. The van der Waals surface area contributed by atoms with Crippen LogP contribution < -0.4 is 4.90 Å². The summed E-state index contributed by atoms with van der Waals surface area (Å²) in [6.07, 6.45) is 0. The highest BCUT2D eigenvalue weighted by Gasteiger charge is 2.45. The van der Waals surface area contributed by atoms with E-state index in [1.54, 1.807) is 0 Å². The molecule has 0 aromatic heterocycles. The maximum Gasteiger partial charge on any atom is 0.0713 e. The van der Waals surface area contributed by atoms with Crippen molar-refractivity contribution in [2.45, 2.75) is 5.41 Å². The minimum atomic E-state index is -0.485. The number of hydrogen-bond acceptors (Lipinski definition) is 1. The summed E-state index contributed by atoms with van der Waals surface area (Å²) in [5, 5.41) is 0. The summed E-state index contributed by atoms with van der Waals surface area (Å²) in [5.74, 6) is 0. The summed E-state index contributed by atoms with van der Waals surface area (Å²) < 4.78 is 0. The monoisotopic (exact) mass is 713 g/mol. The van der Waals surface area contributed by atoms with Crippen LogP contribution in [0.5, 0.6) is 0 Å². The van der Waals surface area contributed by atoms with E-state index in [4.69, 9.17) is 0 Å². The van der Waals surface area contributed by atoms with E-state index in [2.05, 4.69) is 241 Å². The molecule has 1 nitrogen and oxygen atoms in total. The van der Waals surface area contributed by atoms with Crippen molar-refractivity contribution in [3.63, 3.8) is 0 Å². The molecule has 0 heterocycles. The number of rotatable bonds is 8. The van der Waals surface area contributed by atoms with Gasteiger partial charge >= 0.3 is 0 Å². The lowest BCUT2D eigenvalue weighted by Gasteiger charge is -2.34. The molecule has 1 heteroatoms. The fraction of sp³-hybridized carbons (Fsp3) is 0.0182. The van der Waals surface area contributed by atoms with E-state index in [0.29, 0.717) is 0 Å². The molecule has 10 rings (SSSR count). The van der Waals surface area contributed by atoms with E-state index < -0.39 is 5.41 Å². The Morgan fingerprint density at radius 3 is 1.34 bits per heavy atom. The number of para-hydroxylation sites is 1. The van der Waals surface area contributed by atoms with Gasteiger partial charge in [-0.1, -0.05) is 200 Å². The van der Waals surface area contributed by atoms with Gasteiger partial charge in [0.1, 0.15) is 0 Å². The first kappa shape index (κ1) is 33.4. The van der Waals surface area contributed by atoms with Crippen LogP contribution in [0.3, 0.4) is 0 Å². The summed E-state index contributed by atoms with van der Waals surface area (Å²) >= 11 is 0. The Kier molecular flexibility index (Phi) is 8.46. The third-order valence-electron chi connectivity index (χ3n) is 11.4. The van der Waals surface area contributed by atoms with Gasteiger partial charge in [0.05, 0.1) is 11.1 Å². The van der Waals surface area contributed by atoms with Gasteiger partial charge in [0.15, 0.2) is 0 Å². The van der Waals surface area contributed by atoms with Crippen LogP contribution in [0.1, 0.15) is 22.3 Å². The molecule has 56 heavy (non-hydrogen) atoms. The molecular formula is C55H39N. The Balaban J connectivity index is 1.21. The van der Waals surface area contributed by atoms with E-state index in [9.17, 15) is 0 Å². The number of anilines is 3. The first-order valence-electron chi connectivity index (χ1n) is 19.3. The van der Waals surface area contributed by atoms with Gasteiger partial charge < -0.3 is 4.90 Å². The minimum absolute atomic E-state index is 0.485. The maximum absolute atomic E-state index is 2.44. The van der Waals surface area contributed by atoms with Crippen LogP contribution >= 0.6 is 0 Å². The minimum Gasteiger partial charge on any atom is -0.310 e. The second-order valence-electron chi connectivity index (χ2n) is 14.5. The van der Waals surface area contributed by atoms with Crippen molar-refractivity contribution in [1.29, 1.82) is 0 Å². The Bertz CT molecular complexity index is 2730. The molecule has 1 aliphatic rings. The zero-order valence-corrected chi connectivity index (χ0v) is 31.0. The van der Waals surface area contributed by atoms with Gasteiger partial charge in [-0.3, -0.25) is 0 Å². The van der Waals surface area contributed by atoms with Crippen LogP contribution in [-0.2, 0) is 5.41 Å². The topological polar surface area (TPSA) is 3.24 Å². The summed E-state index contributed by atoms with van der Waals surface area (Å²) in [6, 6.07) is 86.2. The van der Waals surface area contributed by atoms with Crippen molar-refractivity contribution in [3.05, 3.63) is 259 Å². The molecule has 0 fully saturated rings. The molecule has 0 aliphatic heterocycles. The van der Waals surface area contributed by atoms with E-state index in [0.717, 1.165) is 28.2 Å². The van der Waals surface area contributed by atoms with Crippen molar-refractivity contribution in [3.8, 4) is 44.5 Å². The molecule has 9 aromatic rings. The van der Waals surface area contributed by atoms with Gasteiger partial charge in [-0.15, -0.1) is 0 Å². The molecule has 0 spiro atoms. The maximum atomic E-state index is 2.44. The molecule has 264 valence electrons. The fourth-order valence-corrected chi connectivity index (χ4v) is 8.84. The fourth-order valence-electron chi connectivity index (χ4n) is 8.84. The van der Waals surface area contributed by atoms with Crippen LogP contribution in [0.15, 0.2) is 237 Å². The lowest BCUT2D eigenvalue weighted by atomic mass is 9.67.